The van der Waals surface area contributed by atoms with Gasteiger partial charge in [-0.05, 0) is 23.6 Å². The van der Waals surface area contributed by atoms with Gasteiger partial charge in [-0.2, -0.15) is 0 Å². The van der Waals surface area contributed by atoms with Crippen LogP contribution in [-0.2, 0) is 6.54 Å². The molecule has 0 bridgehead atoms. The highest BCUT2D eigenvalue weighted by molar-refractivity contribution is 6.32. The standard InChI is InChI=1S/C15H22ClNO3/c1-10(2)13(18)9-17-8-11-6-12(16)15-14(7-11)19-4-3-5-20-15/h6-7,10,13,17-18H,3-5,8-9H2,1-2H3. The average Bonchev–Trinajstić information content (AvgIpc) is 2.64. The molecule has 1 heterocycles. The topological polar surface area (TPSA) is 50.7 Å². The van der Waals surface area contributed by atoms with Gasteiger partial charge in [0.25, 0.3) is 0 Å². The van der Waals surface area contributed by atoms with E-state index in [1.54, 1.807) is 0 Å². The summed E-state index contributed by atoms with van der Waals surface area (Å²) in [4.78, 5) is 0. The molecule has 0 amide bonds. The van der Waals surface area contributed by atoms with Gasteiger partial charge in [0.1, 0.15) is 0 Å². The van der Waals surface area contributed by atoms with Crippen LogP contribution in [0.1, 0.15) is 25.8 Å². The summed E-state index contributed by atoms with van der Waals surface area (Å²) >= 11 is 6.23. The Morgan fingerprint density at radius 2 is 2.05 bits per heavy atom. The number of benzene rings is 1. The zero-order valence-electron chi connectivity index (χ0n) is 12.0. The molecule has 1 aromatic rings. The van der Waals surface area contributed by atoms with Crippen LogP contribution in [0.15, 0.2) is 12.1 Å². The number of aliphatic hydroxyl groups is 1. The van der Waals surface area contributed by atoms with Gasteiger partial charge in [-0.3, -0.25) is 0 Å². The first-order valence-electron chi connectivity index (χ1n) is 7.04. The highest BCUT2D eigenvalue weighted by Crippen LogP contribution is 2.37. The molecule has 0 fully saturated rings. The lowest BCUT2D eigenvalue weighted by molar-refractivity contribution is 0.123. The predicted octanol–water partition coefficient (Wildman–Crippen LogP) is 2.61. The third-order valence-corrected chi connectivity index (χ3v) is 3.59. The molecule has 0 spiro atoms. The van der Waals surface area contributed by atoms with E-state index in [0.717, 1.165) is 12.0 Å². The molecular weight excluding hydrogens is 278 g/mol. The van der Waals surface area contributed by atoms with Crippen molar-refractivity contribution >= 4 is 11.6 Å². The van der Waals surface area contributed by atoms with E-state index in [4.69, 9.17) is 21.1 Å². The molecule has 2 N–H and O–H groups in total. The van der Waals surface area contributed by atoms with Crippen LogP contribution in [0.2, 0.25) is 5.02 Å². The zero-order chi connectivity index (χ0) is 14.5. The quantitative estimate of drug-likeness (QED) is 0.877. The minimum absolute atomic E-state index is 0.245. The molecule has 1 aliphatic heterocycles. The van der Waals surface area contributed by atoms with Gasteiger partial charge in [0.15, 0.2) is 11.5 Å². The summed E-state index contributed by atoms with van der Waals surface area (Å²) < 4.78 is 11.2. The Balaban J connectivity index is 1.99. The summed E-state index contributed by atoms with van der Waals surface area (Å²) in [7, 11) is 0. The van der Waals surface area contributed by atoms with Crippen LogP contribution in [0.25, 0.3) is 0 Å². The number of nitrogens with one attached hydrogen (secondary N) is 1. The molecule has 4 nitrogen and oxygen atoms in total. The van der Waals surface area contributed by atoms with E-state index in [1.165, 1.54) is 0 Å². The Labute approximate surface area is 125 Å². The van der Waals surface area contributed by atoms with Gasteiger partial charge in [-0.25, -0.2) is 0 Å². The molecule has 0 aromatic heterocycles. The monoisotopic (exact) mass is 299 g/mol. The molecule has 0 saturated carbocycles. The molecule has 1 aliphatic rings. The van der Waals surface area contributed by atoms with Crippen molar-refractivity contribution in [1.29, 1.82) is 0 Å². The van der Waals surface area contributed by atoms with Crippen molar-refractivity contribution < 1.29 is 14.6 Å². The highest BCUT2D eigenvalue weighted by Gasteiger charge is 2.15. The number of halogens is 1. The van der Waals surface area contributed by atoms with E-state index in [9.17, 15) is 5.11 Å². The smallest absolute Gasteiger partial charge is 0.179 e. The molecule has 2 rings (SSSR count). The van der Waals surface area contributed by atoms with E-state index >= 15 is 0 Å². The summed E-state index contributed by atoms with van der Waals surface area (Å²) in [5, 5.41) is 13.6. The van der Waals surface area contributed by atoms with Crippen LogP contribution < -0.4 is 14.8 Å². The summed E-state index contributed by atoms with van der Waals surface area (Å²) in [5.41, 5.74) is 1.02. The van der Waals surface area contributed by atoms with Gasteiger partial charge >= 0.3 is 0 Å². The van der Waals surface area contributed by atoms with Crippen LogP contribution in [0.4, 0.5) is 0 Å². The van der Waals surface area contributed by atoms with Crippen molar-refractivity contribution in [3.63, 3.8) is 0 Å². The Morgan fingerprint density at radius 3 is 2.80 bits per heavy atom. The van der Waals surface area contributed by atoms with Gasteiger partial charge in [-0.15, -0.1) is 0 Å². The molecule has 5 heteroatoms. The third-order valence-electron chi connectivity index (χ3n) is 3.31. The molecule has 1 atom stereocenters. The van der Waals surface area contributed by atoms with Gasteiger partial charge in [0, 0.05) is 19.5 Å². The predicted molar refractivity (Wildman–Crippen MR) is 79.6 cm³/mol. The first kappa shape index (κ1) is 15.4. The fourth-order valence-corrected chi connectivity index (χ4v) is 2.27. The molecule has 1 unspecified atom stereocenters. The van der Waals surface area contributed by atoms with Gasteiger partial charge in [-0.1, -0.05) is 25.4 Å². The van der Waals surface area contributed by atoms with Gasteiger partial charge in [0.2, 0.25) is 0 Å². The lowest BCUT2D eigenvalue weighted by Gasteiger charge is -2.16. The van der Waals surface area contributed by atoms with Gasteiger partial charge < -0.3 is 19.9 Å². The van der Waals surface area contributed by atoms with Crippen LogP contribution >= 0.6 is 11.6 Å². The first-order valence-corrected chi connectivity index (χ1v) is 7.42. The second-order valence-electron chi connectivity index (χ2n) is 5.40. The van der Waals surface area contributed by atoms with Crippen LogP contribution in [0.3, 0.4) is 0 Å². The van der Waals surface area contributed by atoms with Crippen LogP contribution in [0.5, 0.6) is 11.5 Å². The van der Waals surface area contributed by atoms with Crippen molar-refractivity contribution in [1.82, 2.24) is 5.32 Å². The van der Waals surface area contributed by atoms with Gasteiger partial charge in [0.05, 0.1) is 24.3 Å². The van der Waals surface area contributed by atoms with Crippen molar-refractivity contribution in [2.45, 2.75) is 32.9 Å². The largest absolute Gasteiger partial charge is 0.489 e. The molecule has 0 aliphatic carbocycles. The average molecular weight is 300 g/mol. The number of aliphatic hydroxyl groups excluding tert-OH is 1. The fourth-order valence-electron chi connectivity index (χ4n) is 1.99. The minimum atomic E-state index is -0.342. The number of hydrogen-bond acceptors (Lipinski definition) is 4. The number of ether oxygens (including phenoxy) is 2. The van der Waals surface area contributed by atoms with E-state index in [2.05, 4.69) is 5.32 Å². The van der Waals surface area contributed by atoms with E-state index in [0.29, 0.717) is 42.8 Å². The number of fused-ring (bicyclic) bond motifs is 1. The van der Waals surface area contributed by atoms with Crippen LogP contribution in [-0.4, -0.2) is 31.0 Å². The molecule has 1 aromatic carbocycles. The molecule has 20 heavy (non-hydrogen) atoms. The molecule has 0 radical (unpaired) electrons. The summed E-state index contributed by atoms with van der Waals surface area (Å²) in [6.07, 6.45) is 0.519. The normalized spacial score (nSPS) is 16.1. The first-order chi connectivity index (χ1) is 9.58. The Hall–Kier alpha value is -0.970. The number of hydrogen-bond donors (Lipinski definition) is 2. The Morgan fingerprint density at radius 1 is 1.30 bits per heavy atom. The highest BCUT2D eigenvalue weighted by atomic mass is 35.5. The molecule has 112 valence electrons. The number of rotatable bonds is 5. The summed E-state index contributed by atoms with van der Waals surface area (Å²) in [6, 6.07) is 3.82. The SMILES string of the molecule is CC(C)C(O)CNCc1cc(Cl)c2c(c1)OCCCO2. The lowest BCUT2D eigenvalue weighted by Crippen LogP contribution is -2.30. The second kappa shape index (κ2) is 7.16. The molecule has 0 saturated heterocycles. The van der Waals surface area contributed by atoms with E-state index < -0.39 is 0 Å². The van der Waals surface area contributed by atoms with Crippen molar-refractivity contribution in [2.24, 2.45) is 5.92 Å². The maximum absolute atomic E-state index is 9.76. The second-order valence-corrected chi connectivity index (χ2v) is 5.80. The summed E-state index contributed by atoms with van der Waals surface area (Å²) in [5.74, 6) is 1.58. The summed E-state index contributed by atoms with van der Waals surface area (Å²) in [6.45, 7) is 6.47. The Kier molecular flexibility index (Phi) is 5.52. The maximum atomic E-state index is 9.76. The molecular formula is C15H22ClNO3. The Bertz CT molecular complexity index is 451. The fraction of sp³-hybridized carbons (Fsp3) is 0.600. The van der Waals surface area contributed by atoms with E-state index in [-0.39, 0.29) is 12.0 Å². The zero-order valence-corrected chi connectivity index (χ0v) is 12.7. The lowest BCUT2D eigenvalue weighted by atomic mass is 10.1. The van der Waals surface area contributed by atoms with E-state index in [1.807, 2.05) is 26.0 Å². The third kappa shape index (κ3) is 4.01. The minimum Gasteiger partial charge on any atom is -0.489 e. The van der Waals surface area contributed by atoms with Crippen LogP contribution in [0, 0.1) is 5.92 Å². The van der Waals surface area contributed by atoms with Crippen molar-refractivity contribution in [2.75, 3.05) is 19.8 Å². The van der Waals surface area contributed by atoms with Crippen molar-refractivity contribution in [3.05, 3.63) is 22.7 Å². The van der Waals surface area contributed by atoms with Crippen molar-refractivity contribution in [3.8, 4) is 11.5 Å². The maximum Gasteiger partial charge on any atom is 0.179 e.